The molecule has 5 unspecified atom stereocenters. The highest BCUT2D eigenvalue weighted by Crippen LogP contribution is 2.31. The Kier molecular flexibility index (Phi) is 34.8. The number of hydrogen-bond acceptors (Lipinski definition) is 31. The molecule has 0 aromatic heterocycles. The fourth-order valence-corrected chi connectivity index (χ4v) is 6.99. The van der Waals surface area contributed by atoms with Crippen molar-refractivity contribution in [2.45, 2.75) is 93.0 Å². The second-order valence-corrected chi connectivity index (χ2v) is 21.2. The fourth-order valence-electron chi connectivity index (χ4n) is 6.99. The van der Waals surface area contributed by atoms with Crippen LogP contribution in [0.5, 0.6) is 0 Å². The summed E-state index contributed by atoms with van der Waals surface area (Å²) in [7, 11) is 0. The summed E-state index contributed by atoms with van der Waals surface area (Å²) in [6, 6.07) is 0. The number of carbonyl (C=O) groups excluding carboxylic acids is 15. The SMILES string of the molecule is C=CC(=O)OCC(C)(COC(=O)C=C)NC(=O)OCC1OC(OC(=O)NC(C)(COC(=O)C=C)COC(=O)C=C)C(OC(=O)NC(C)(COC(=O)C=C)COC(=O)C=C)C(OC(=O)NC(C)(COC(=O)C=C)COC(=O)C=C)C1OC(=O)NC(C)(COC(=O)C=C)COC(=O)C=C. The van der Waals surface area contributed by atoms with Crippen LogP contribution in [0.15, 0.2) is 127 Å². The number of rotatable bonds is 41. The summed E-state index contributed by atoms with van der Waals surface area (Å²) in [4.78, 5) is 196. The first kappa shape index (κ1) is 83.4. The third kappa shape index (κ3) is 31.7. The van der Waals surface area contributed by atoms with Gasteiger partial charge in [-0.25, -0.2) is 71.9 Å². The minimum Gasteiger partial charge on any atom is -0.460 e. The monoisotopic (exact) mass is 1380 g/mol. The predicted octanol–water partition coefficient (Wildman–Crippen LogP) is 1.53. The standard InChI is InChI=1S/C61H77N5O31/c1-16-38(67)83-27-57(11,28-84-39(68)17-2)62-52(77)82-26-37-48(94-53(78)63-58(12,29-85-40(69)18-3)30-86-41(70)19-4)49(95-54(79)64-59(13,31-87-42(71)20-5)32-88-43(72)21-6)50(96-55(80)65-60(14,33-89-44(73)22-7)34-90-45(74)23-8)51(93-37)97-56(81)66-61(15,35-91-46(75)24-9)36-92-47(76)25-10/h16-25,37,48-51H,1-10,26-36H2,11-15H3,(H,62,77)(H,63,78)(H,64,79)(H,65,80)(H,66,81). The molecule has 1 saturated heterocycles. The maximum Gasteiger partial charge on any atom is 0.410 e. The van der Waals surface area contributed by atoms with Gasteiger partial charge in [-0.05, 0) is 34.6 Å². The van der Waals surface area contributed by atoms with Crippen LogP contribution in [0.3, 0.4) is 0 Å². The molecule has 97 heavy (non-hydrogen) atoms. The van der Waals surface area contributed by atoms with Gasteiger partial charge in [0.25, 0.3) is 0 Å². The van der Waals surface area contributed by atoms with E-state index in [1.807, 2.05) is 0 Å². The number of amides is 5. The number of nitrogens with one attached hydrogen (secondary N) is 5. The van der Waals surface area contributed by atoms with E-state index in [-0.39, 0.29) is 0 Å². The van der Waals surface area contributed by atoms with Gasteiger partial charge in [-0.15, -0.1) is 0 Å². The maximum atomic E-state index is 14.8. The summed E-state index contributed by atoms with van der Waals surface area (Å²) in [6.07, 6.45) is -14.0. The quantitative estimate of drug-likeness (QED) is 0.0329. The van der Waals surface area contributed by atoms with Crippen molar-refractivity contribution in [3.8, 4) is 0 Å². The van der Waals surface area contributed by atoms with Gasteiger partial charge in [-0.2, -0.15) is 0 Å². The van der Waals surface area contributed by atoms with Crippen LogP contribution in [0.25, 0.3) is 0 Å². The van der Waals surface area contributed by atoms with Crippen molar-refractivity contribution < 1.29 is 148 Å². The molecule has 1 rings (SSSR count). The van der Waals surface area contributed by atoms with E-state index in [1.165, 1.54) is 6.92 Å². The lowest BCUT2D eigenvalue weighted by molar-refractivity contribution is -0.282. The first-order valence-corrected chi connectivity index (χ1v) is 28.0. The van der Waals surface area contributed by atoms with Gasteiger partial charge in [-0.1, -0.05) is 65.8 Å². The number of alkyl carbamates (subject to hydrolysis) is 5. The van der Waals surface area contributed by atoms with Gasteiger partial charge < -0.3 is 102 Å². The molecule has 0 aromatic rings. The van der Waals surface area contributed by atoms with Crippen LogP contribution in [0.4, 0.5) is 24.0 Å². The Balaban J connectivity index is 4.79. The van der Waals surface area contributed by atoms with E-state index in [1.54, 1.807) is 0 Å². The molecule has 0 saturated carbocycles. The zero-order valence-corrected chi connectivity index (χ0v) is 53.7. The second-order valence-electron chi connectivity index (χ2n) is 21.2. The Hall–Kier alpha value is -11.6. The van der Waals surface area contributed by atoms with Crippen LogP contribution < -0.4 is 26.6 Å². The van der Waals surface area contributed by atoms with Crippen molar-refractivity contribution in [2.75, 3.05) is 72.7 Å². The molecule has 5 atom stereocenters. The lowest BCUT2D eigenvalue weighted by atomic mass is 9.98. The zero-order valence-electron chi connectivity index (χ0n) is 53.7. The fraction of sp³-hybridized carbons (Fsp3) is 0.426. The Morgan fingerprint density at radius 3 is 0.680 bits per heavy atom. The van der Waals surface area contributed by atoms with Crippen molar-refractivity contribution in [1.82, 2.24) is 26.6 Å². The van der Waals surface area contributed by atoms with E-state index in [0.29, 0.717) is 24.3 Å². The second kappa shape index (κ2) is 40.5. The third-order valence-corrected chi connectivity index (χ3v) is 11.9. The smallest absolute Gasteiger partial charge is 0.410 e. The highest BCUT2D eigenvalue weighted by atomic mass is 16.8. The van der Waals surface area contributed by atoms with Crippen molar-refractivity contribution in [3.63, 3.8) is 0 Å². The molecule has 1 heterocycles. The normalized spacial score (nSPS) is 15.6. The van der Waals surface area contributed by atoms with Gasteiger partial charge in [0, 0.05) is 60.8 Å². The number of hydrogen-bond donors (Lipinski definition) is 5. The molecule has 5 amide bonds. The first-order chi connectivity index (χ1) is 45.5. The molecule has 532 valence electrons. The molecule has 1 aliphatic heterocycles. The molecule has 0 aliphatic carbocycles. The zero-order chi connectivity index (χ0) is 73.7. The van der Waals surface area contributed by atoms with Crippen LogP contribution in [-0.4, -0.2) is 221 Å². The number of carbonyl (C=O) groups is 15. The summed E-state index contributed by atoms with van der Waals surface area (Å²) in [5.74, 6) is -10.7. The van der Waals surface area contributed by atoms with Gasteiger partial charge in [0.1, 0.15) is 106 Å². The van der Waals surface area contributed by atoms with E-state index in [0.717, 1.165) is 64.2 Å². The number of ether oxygens (including phenoxy) is 16. The van der Waals surface area contributed by atoms with E-state index < -0.39 is 221 Å². The van der Waals surface area contributed by atoms with Gasteiger partial charge in [0.2, 0.25) is 12.4 Å². The minimum absolute atomic E-state index is 0.713. The van der Waals surface area contributed by atoms with Gasteiger partial charge in [0.15, 0.2) is 12.2 Å². The van der Waals surface area contributed by atoms with E-state index in [9.17, 15) is 71.9 Å². The average molecular weight is 1380 g/mol. The minimum atomic E-state index is -2.67. The summed E-state index contributed by atoms with van der Waals surface area (Å²) in [6.45, 7) is 28.9. The summed E-state index contributed by atoms with van der Waals surface area (Å²) >= 11 is 0. The van der Waals surface area contributed by atoms with Crippen LogP contribution >= 0.6 is 0 Å². The highest BCUT2D eigenvalue weighted by Gasteiger charge is 2.56. The topological polar surface area (TPSA) is 464 Å². The predicted molar refractivity (Wildman–Crippen MR) is 327 cm³/mol. The molecule has 36 heteroatoms. The van der Waals surface area contributed by atoms with Gasteiger partial charge in [-0.3, -0.25) is 0 Å². The summed E-state index contributed by atoms with van der Waals surface area (Å²) in [5, 5.41) is 11.4. The Bertz CT molecular complexity index is 2910. The van der Waals surface area contributed by atoms with Crippen LogP contribution in [-0.2, 0) is 124 Å². The molecule has 1 aliphatic rings. The first-order valence-electron chi connectivity index (χ1n) is 28.0. The maximum absolute atomic E-state index is 14.8. The third-order valence-electron chi connectivity index (χ3n) is 11.9. The molecular formula is C61H77N5O31. The molecule has 1 fully saturated rings. The van der Waals surface area contributed by atoms with Crippen LogP contribution in [0.1, 0.15) is 34.6 Å². The van der Waals surface area contributed by atoms with Gasteiger partial charge >= 0.3 is 90.2 Å². The molecule has 0 aromatic carbocycles. The Morgan fingerprint density at radius 2 is 0.464 bits per heavy atom. The Labute approximate surface area is 555 Å². The van der Waals surface area contributed by atoms with Crippen molar-refractivity contribution in [2.24, 2.45) is 0 Å². The summed E-state index contributed by atoms with van der Waals surface area (Å²) < 4.78 is 86.5. The number of esters is 10. The molecule has 0 bridgehead atoms. The van der Waals surface area contributed by atoms with Crippen molar-refractivity contribution >= 4 is 90.2 Å². The largest absolute Gasteiger partial charge is 0.460 e. The van der Waals surface area contributed by atoms with Crippen molar-refractivity contribution in [1.29, 1.82) is 0 Å². The molecule has 0 spiro atoms. The highest BCUT2D eigenvalue weighted by molar-refractivity contribution is 5.85. The average Bonchev–Trinajstić information content (AvgIpc) is 0.784. The van der Waals surface area contributed by atoms with Crippen molar-refractivity contribution in [3.05, 3.63) is 127 Å². The van der Waals surface area contributed by atoms with Crippen LogP contribution in [0, 0.1) is 0 Å². The lowest BCUT2D eigenvalue weighted by Crippen LogP contribution is -2.67. The molecule has 36 nitrogen and oxygen atoms in total. The molecule has 5 N–H and O–H groups in total. The lowest BCUT2D eigenvalue weighted by Gasteiger charge is -2.44. The van der Waals surface area contributed by atoms with E-state index >= 15 is 0 Å². The molecular weight excluding hydrogens is 1300 g/mol. The van der Waals surface area contributed by atoms with Gasteiger partial charge in [0.05, 0.1) is 0 Å². The summed E-state index contributed by atoms with van der Waals surface area (Å²) in [5.41, 5.74) is -10.1. The molecule has 0 radical (unpaired) electrons. The Morgan fingerprint density at radius 1 is 0.278 bits per heavy atom. The van der Waals surface area contributed by atoms with Crippen LogP contribution in [0.2, 0.25) is 0 Å². The van der Waals surface area contributed by atoms with E-state index in [4.69, 9.17) is 75.8 Å². The van der Waals surface area contributed by atoms with E-state index in [2.05, 4.69) is 92.4 Å².